The molecule has 190 valence electrons. The maximum absolute atomic E-state index is 13.1. The lowest BCUT2D eigenvalue weighted by molar-refractivity contribution is -0.129. The molecule has 0 unspecified atom stereocenters. The van der Waals surface area contributed by atoms with Crippen molar-refractivity contribution in [1.29, 1.82) is 0 Å². The molecule has 0 aliphatic carbocycles. The highest BCUT2D eigenvalue weighted by atomic mass is 16.3. The fourth-order valence-corrected chi connectivity index (χ4v) is 3.95. The first-order valence-electron chi connectivity index (χ1n) is 12.4. The van der Waals surface area contributed by atoms with Gasteiger partial charge in [-0.1, -0.05) is 66.7 Å². The van der Waals surface area contributed by atoms with Crippen LogP contribution in [0.3, 0.4) is 0 Å². The maximum atomic E-state index is 13.1. The van der Waals surface area contributed by atoms with Crippen LogP contribution in [-0.2, 0) is 28.9 Å². The summed E-state index contributed by atoms with van der Waals surface area (Å²) in [5, 5.41) is 15.2. The monoisotopic (exact) mass is 488 g/mol. The van der Waals surface area contributed by atoms with Gasteiger partial charge in [0.15, 0.2) is 0 Å². The van der Waals surface area contributed by atoms with E-state index < -0.39 is 18.0 Å². The van der Waals surface area contributed by atoms with Crippen LogP contribution in [0.4, 0.5) is 0 Å². The van der Waals surface area contributed by atoms with Gasteiger partial charge in [0.2, 0.25) is 11.8 Å². The Bertz CT molecular complexity index is 1090. The van der Waals surface area contributed by atoms with Gasteiger partial charge in [0.25, 0.3) is 0 Å². The number of phenols is 1. The van der Waals surface area contributed by atoms with E-state index in [1.807, 2.05) is 18.2 Å². The average molecular weight is 489 g/mol. The molecule has 0 aromatic heterocycles. The Labute approximate surface area is 212 Å². The zero-order valence-electron chi connectivity index (χ0n) is 20.5. The number of carbonyl (C=O) groups is 2. The highest BCUT2D eigenvalue weighted by Gasteiger charge is 2.25. The Hall–Kier alpha value is -3.68. The quantitative estimate of drug-likeness (QED) is 0.236. The van der Waals surface area contributed by atoms with E-state index in [2.05, 4.69) is 34.9 Å². The number of nitrogens with two attached hydrogens (primary N) is 2. The number of carbonyl (C=O) groups excluding carboxylic acids is 2. The van der Waals surface area contributed by atoms with Gasteiger partial charge in [0.1, 0.15) is 11.8 Å². The van der Waals surface area contributed by atoms with Crippen LogP contribution in [0.15, 0.2) is 78.9 Å². The summed E-state index contributed by atoms with van der Waals surface area (Å²) in [6.07, 6.45) is 4.09. The van der Waals surface area contributed by atoms with Gasteiger partial charge >= 0.3 is 0 Å². The molecule has 36 heavy (non-hydrogen) atoms. The van der Waals surface area contributed by atoms with Crippen molar-refractivity contribution in [2.75, 3.05) is 13.1 Å². The van der Waals surface area contributed by atoms with E-state index in [0.717, 1.165) is 30.4 Å². The van der Waals surface area contributed by atoms with E-state index in [1.165, 1.54) is 5.56 Å². The number of benzene rings is 3. The van der Waals surface area contributed by atoms with Gasteiger partial charge in [0, 0.05) is 6.54 Å². The highest BCUT2D eigenvalue weighted by Crippen LogP contribution is 2.15. The summed E-state index contributed by atoms with van der Waals surface area (Å²) in [5.74, 6) is -0.557. The number of hydrogen-bond donors (Lipinski definition) is 5. The molecule has 0 saturated carbocycles. The van der Waals surface area contributed by atoms with E-state index in [0.29, 0.717) is 25.1 Å². The second-order valence-electron chi connectivity index (χ2n) is 8.93. The van der Waals surface area contributed by atoms with Crippen molar-refractivity contribution in [3.63, 3.8) is 0 Å². The fraction of sp³-hybridized carbons (Fsp3) is 0.310. The van der Waals surface area contributed by atoms with Crippen LogP contribution in [0.2, 0.25) is 0 Å². The third-order valence-corrected chi connectivity index (χ3v) is 6.07. The van der Waals surface area contributed by atoms with Gasteiger partial charge in [0.05, 0.1) is 6.04 Å². The summed E-state index contributed by atoms with van der Waals surface area (Å²) in [7, 11) is 0. The predicted octanol–water partition coefficient (Wildman–Crippen LogP) is 2.76. The van der Waals surface area contributed by atoms with E-state index in [4.69, 9.17) is 11.5 Å². The Morgan fingerprint density at radius 1 is 0.778 bits per heavy atom. The molecule has 3 aromatic rings. The standard InChI is InChI=1S/C29H36N4O3/c30-18-5-4-6-21-9-11-22(12-10-21)17-19-32-29(36)27(24-7-2-1-3-8-24)33-28(35)26(31)20-23-13-15-25(34)16-14-23/h1-3,7-16,26-27,34H,4-6,17-20,30-31H2,(H,32,36)(H,33,35)/t26-,27+/m0/s1. The van der Waals surface area contributed by atoms with Gasteiger partial charge in [-0.05, 0) is 73.0 Å². The zero-order chi connectivity index (χ0) is 25.8. The molecular formula is C29H36N4O3. The SMILES string of the molecule is NCCCCc1ccc(CCNC(=O)[C@H](NC(=O)[C@@H](N)Cc2ccc(O)cc2)c2ccccc2)cc1. The van der Waals surface area contributed by atoms with Crippen molar-refractivity contribution in [2.24, 2.45) is 11.5 Å². The molecule has 0 aliphatic heterocycles. The molecule has 3 rings (SSSR count). The molecule has 0 fully saturated rings. The molecule has 0 saturated heterocycles. The first-order valence-corrected chi connectivity index (χ1v) is 12.4. The zero-order valence-corrected chi connectivity index (χ0v) is 20.5. The van der Waals surface area contributed by atoms with Gasteiger partial charge in [-0.3, -0.25) is 9.59 Å². The van der Waals surface area contributed by atoms with Gasteiger partial charge in [-0.25, -0.2) is 0 Å². The molecule has 7 heteroatoms. The lowest BCUT2D eigenvalue weighted by atomic mass is 10.0. The maximum Gasteiger partial charge on any atom is 0.247 e. The molecule has 3 aromatic carbocycles. The van der Waals surface area contributed by atoms with Crippen LogP contribution in [0.1, 0.15) is 41.1 Å². The molecule has 0 bridgehead atoms. The molecule has 7 nitrogen and oxygen atoms in total. The third kappa shape index (κ3) is 8.52. The minimum absolute atomic E-state index is 0.149. The minimum atomic E-state index is -0.852. The molecule has 0 radical (unpaired) electrons. The molecule has 0 heterocycles. The topological polar surface area (TPSA) is 130 Å². The summed E-state index contributed by atoms with van der Waals surface area (Å²) in [6, 6.07) is 22.4. The van der Waals surface area contributed by atoms with Crippen molar-refractivity contribution in [1.82, 2.24) is 10.6 Å². The van der Waals surface area contributed by atoms with Crippen molar-refractivity contribution in [2.45, 2.75) is 44.2 Å². The Morgan fingerprint density at radius 3 is 2.03 bits per heavy atom. The van der Waals surface area contributed by atoms with Gasteiger partial charge in [-0.2, -0.15) is 0 Å². The van der Waals surface area contributed by atoms with E-state index in [9.17, 15) is 14.7 Å². The summed E-state index contributed by atoms with van der Waals surface area (Å²) in [4.78, 5) is 25.9. The van der Waals surface area contributed by atoms with E-state index >= 15 is 0 Å². The number of amides is 2. The Morgan fingerprint density at radius 2 is 1.39 bits per heavy atom. The number of nitrogens with one attached hydrogen (secondary N) is 2. The molecular weight excluding hydrogens is 452 g/mol. The van der Waals surface area contributed by atoms with Crippen molar-refractivity contribution in [3.05, 3.63) is 101 Å². The van der Waals surface area contributed by atoms with Crippen molar-refractivity contribution < 1.29 is 14.7 Å². The normalized spacial score (nSPS) is 12.5. The first kappa shape index (κ1) is 26.9. The largest absolute Gasteiger partial charge is 0.508 e. The predicted molar refractivity (Wildman–Crippen MR) is 142 cm³/mol. The molecule has 7 N–H and O–H groups in total. The van der Waals surface area contributed by atoms with E-state index in [-0.39, 0.29) is 18.1 Å². The number of unbranched alkanes of at least 4 members (excludes halogenated alkanes) is 1. The summed E-state index contributed by atoms with van der Waals surface area (Å²) < 4.78 is 0. The molecule has 2 amide bonds. The van der Waals surface area contributed by atoms with Crippen LogP contribution in [0.5, 0.6) is 5.75 Å². The summed E-state index contributed by atoms with van der Waals surface area (Å²) in [6.45, 7) is 1.16. The number of hydrogen-bond acceptors (Lipinski definition) is 5. The third-order valence-electron chi connectivity index (χ3n) is 6.07. The first-order chi connectivity index (χ1) is 17.5. The number of rotatable bonds is 13. The van der Waals surface area contributed by atoms with Crippen LogP contribution in [0.25, 0.3) is 0 Å². The Kier molecular flexibility index (Phi) is 10.5. The number of phenolic OH excluding ortho intramolecular Hbond substituents is 1. The second-order valence-corrected chi connectivity index (χ2v) is 8.93. The van der Waals surface area contributed by atoms with Crippen molar-refractivity contribution in [3.8, 4) is 5.75 Å². The van der Waals surface area contributed by atoms with Crippen LogP contribution < -0.4 is 22.1 Å². The van der Waals surface area contributed by atoms with Crippen molar-refractivity contribution >= 4 is 11.8 Å². The molecule has 0 spiro atoms. The second kappa shape index (κ2) is 14.0. The lowest BCUT2D eigenvalue weighted by Crippen LogP contribution is -2.48. The number of aryl methyl sites for hydroxylation is 1. The molecule has 2 atom stereocenters. The summed E-state index contributed by atoms with van der Waals surface area (Å²) >= 11 is 0. The van der Waals surface area contributed by atoms with Crippen LogP contribution in [0, 0.1) is 0 Å². The van der Waals surface area contributed by atoms with E-state index in [1.54, 1.807) is 36.4 Å². The molecule has 0 aliphatic rings. The van der Waals surface area contributed by atoms with Crippen LogP contribution in [-0.4, -0.2) is 36.1 Å². The smallest absolute Gasteiger partial charge is 0.247 e. The Balaban J connectivity index is 1.56. The lowest BCUT2D eigenvalue weighted by Gasteiger charge is -2.21. The fourth-order valence-electron chi connectivity index (χ4n) is 3.95. The van der Waals surface area contributed by atoms with Gasteiger partial charge in [-0.15, -0.1) is 0 Å². The van der Waals surface area contributed by atoms with Gasteiger partial charge < -0.3 is 27.2 Å². The average Bonchev–Trinajstić information content (AvgIpc) is 2.90. The summed E-state index contributed by atoms with van der Waals surface area (Å²) in [5.41, 5.74) is 15.6. The highest BCUT2D eigenvalue weighted by molar-refractivity contribution is 5.90. The number of aromatic hydroxyl groups is 1. The minimum Gasteiger partial charge on any atom is -0.508 e. The van der Waals surface area contributed by atoms with Crippen LogP contribution >= 0.6 is 0 Å².